The predicted molar refractivity (Wildman–Crippen MR) is 303 cm³/mol. The molecule has 8 aromatic rings. The fourth-order valence-electron chi connectivity index (χ4n) is 7.49. The van der Waals surface area contributed by atoms with E-state index in [0.717, 1.165) is 30.0 Å². The van der Waals surface area contributed by atoms with E-state index in [4.69, 9.17) is 58.2 Å². The van der Waals surface area contributed by atoms with Crippen molar-refractivity contribution in [2.24, 2.45) is 25.4 Å². The zero-order valence-electron chi connectivity index (χ0n) is 42.4. The summed E-state index contributed by atoms with van der Waals surface area (Å²) < 4.78 is 151. The molecule has 0 aliphatic carbocycles. The molecule has 8 N–H and O–H groups in total. The highest BCUT2D eigenvalue weighted by atomic mass is 35.5. The highest BCUT2D eigenvalue weighted by Gasteiger charge is 2.36. The highest BCUT2D eigenvalue weighted by Crippen LogP contribution is 2.37. The van der Waals surface area contributed by atoms with Gasteiger partial charge in [0.2, 0.25) is 5.96 Å². The average Bonchev–Trinajstić information content (AvgIpc) is 3.97. The minimum atomic E-state index is -4.53. The highest BCUT2D eigenvalue weighted by molar-refractivity contribution is 7.88. The fraction of sp³-hybridized carbons (Fsp3) is 0.107. The molecule has 1 aliphatic rings. The van der Waals surface area contributed by atoms with Crippen LogP contribution in [0.1, 0.15) is 34.3 Å². The standard InChI is InChI=1S/C22H18ClF3N4O3S.C21H18ClF3N2O.C13H12N2O4S/c23-16-4-8-18(9-5-16)33-19-10-6-17(7-11-19)30-20(13-28-21(30)29-34(27,31)32)14-2-1-3-15(12-14)22(24,25)26;22-16-4-8-18(9-5-16)28-19-10-6-17(7-11-19)27-20(13-26)14-2-1-3-15(12-14)21(23,24)25;14-20(16,17)15-13(18-11-7-3-1-4-8-11)19-12-9-5-2-6-10-12/h1-12,20H,13H2,(H,28,29)(H2,27,31,32);1-12,20,27H,13,26H2;1-10H,(H2,14,16,17)/t2*20-;/m11./s1. The number of halogens is 8. The van der Waals surface area contributed by atoms with Gasteiger partial charge in [0.05, 0.1) is 29.8 Å². The molecule has 0 radical (unpaired) electrons. The maximum Gasteiger partial charge on any atom is 0.416 e. The Bertz CT molecular complexity index is 3630. The van der Waals surface area contributed by atoms with Crippen LogP contribution in [-0.2, 0) is 32.8 Å². The van der Waals surface area contributed by atoms with Gasteiger partial charge in [-0.3, -0.25) is 0 Å². The summed E-state index contributed by atoms with van der Waals surface area (Å²) in [5.74, 6) is 2.97. The molecule has 82 heavy (non-hydrogen) atoms. The number of guanidine groups is 1. The van der Waals surface area contributed by atoms with E-state index >= 15 is 0 Å². The number of hydrogen-bond acceptors (Lipinski definition) is 12. The number of benzene rings is 8. The summed E-state index contributed by atoms with van der Waals surface area (Å²) in [7, 11) is -8.30. The van der Waals surface area contributed by atoms with Gasteiger partial charge in [-0.2, -0.15) is 43.2 Å². The summed E-state index contributed by atoms with van der Waals surface area (Å²) in [6, 6.07) is 53.2. The molecule has 0 fully saturated rings. The Morgan fingerprint density at radius 3 is 1.50 bits per heavy atom. The molecule has 0 aromatic heterocycles. The van der Waals surface area contributed by atoms with Crippen molar-refractivity contribution >= 4 is 67.0 Å². The Balaban J connectivity index is 0.000000183. The molecule has 1 heterocycles. The van der Waals surface area contributed by atoms with E-state index in [-0.39, 0.29) is 19.0 Å². The van der Waals surface area contributed by atoms with E-state index in [0.29, 0.717) is 61.4 Å². The van der Waals surface area contributed by atoms with Gasteiger partial charge in [-0.1, -0.05) is 88.3 Å². The second-order valence-electron chi connectivity index (χ2n) is 17.2. The molecular formula is C56H48Cl2F6N8O8S2. The Hall–Kier alpha value is -8.36. The Morgan fingerprint density at radius 2 is 1.05 bits per heavy atom. The molecule has 0 amide bonds. The number of nitrogens with zero attached hydrogens (tertiary/aromatic N) is 3. The fourth-order valence-corrected chi connectivity index (χ4v) is 8.44. The molecule has 2 atom stereocenters. The lowest BCUT2D eigenvalue weighted by Gasteiger charge is -2.28. The van der Waals surface area contributed by atoms with Crippen molar-refractivity contribution in [2.75, 3.05) is 23.3 Å². The van der Waals surface area contributed by atoms with E-state index in [1.165, 1.54) is 23.1 Å². The monoisotopic (exact) mass is 1210 g/mol. The second kappa shape index (κ2) is 27.4. The van der Waals surface area contributed by atoms with Crippen molar-refractivity contribution in [1.82, 2.24) is 4.72 Å². The van der Waals surface area contributed by atoms with Gasteiger partial charge in [0.1, 0.15) is 34.5 Å². The van der Waals surface area contributed by atoms with Crippen LogP contribution in [0.15, 0.2) is 216 Å². The summed E-state index contributed by atoms with van der Waals surface area (Å²) in [6.07, 6.45) is -9.39. The number of aliphatic imine (C=N–C) groups is 1. The zero-order valence-corrected chi connectivity index (χ0v) is 45.5. The summed E-state index contributed by atoms with van der Waals surface area (Å²) >= 11 is 11.7. The summed E-state index contributed by atoms with van der Waals surface area (Å²) in [5.41, 5.74) is 6.24. The van der Waals surface area contributed by atoms with Crippen molar-refractivity contribution in [1.29, 1.82) is 0 Å². The molecular weight excluding hydrogens is 1160 g/mol. The van der Waals surface area contributed by atoms with Crippen molar-refractivity contribution in [2.45, 2.75) is 24.4 Å². The third kappa shape index (κ3) is 19.1. The molecule has 0 unspecified atom stereocenters. The third-order valence-electron chi connectivity index (χ3n) is 11.1. The molecule has 1 aliphatic heterocycles. The van der Waals surface area contributed by atoms with Crippen LogP contribution in [0.3, 0.4) is 0 Å². The minimum Gasteiger partial charge on any atom is -0.457 e. The van der Waals surface area contributed by atoms with Crippen molar-refractivity contribution in [3.63, 3.8) is 0 Å². The first-order valence-electron chi connectivity index (χ1n) is 24.0. The molecule has 8 aromatic carbocycles. The number of hydrogen-bond donors (Lipinski definition) is 5. The van der Waals surface area contributed by atoms with Crippen molar-refractivity contribution < 1.29 is 62.1 Å². The van der Waals surface area contributed by atoms with E-state index in [9.17, 15) is 43.2 Å². The molecule has 0 saturated heterocycles. The first kappa shape index (κ1) is 61.3. The Morgan fingerprint density at radius 1 is 0.598 bits per heavy atom. The van der Waals surface area contributed by atoms with Gasteiger partial charge >= 0.3 is 28.6 Å². The average molecular weight is 1210 g/mol. The van der Waals surface area contributed by atoms with Crippen molar-refractivity contribution in [3.05, 3.63) is 239 Å². The molecule has 0 saturated carbocycles. The SMILES string of the molecule is NC[C@@H](Nc1ccc(Oc2ccc(Cl)cc2)cc1)c1cccc(C(F)(F)F)c1.NS(=O)(=O)N=C(Oc1ccccc1)Oc1ccccc1.NS(=O)(=O)NC1=NC[C@H](c2cccc(C(F)(F)F)c2)N1c1ccc(Oc2ccc(Cl)cc2)cc1. The van der Waals surface area contributed by atoms with Crippen LogP contribution in [0.4, 0.5) is 37.7 Å². The van der Waals surface area contributed by atoms with E-state index in [1.54, 1.807) is 164 Å². The van der Waals surface area contributed by atoms with E-state index in [2.05, 4.69) is 19.4 Å². The largest absolute Gasteiger partial charge is 0.457 e. The van der Waals surface area contributed by atoms with E-state index < -0.39 is 62.1 Å². The van der Waals surface area contributed by atoms with Crippen LogP contribution in [0.5, 0.6) is 34.5 Å². The summed E-state index contributed by atoms with van der Waals surface area (Å²) in [6.45, 7) is 0.159. The first-order valence-corrected chi connectivity index (χ1v) is 27.8. The third-order valence-corrected chi connectivity index (χ3v) is 12.5. The molecule has 9 rings (SSSR count). The zero-order chi connectivity index (χ0) is 59.1. The maximum atomic E-state index is 13.2. The van der Waals surface area contributed by atoms with Crippen LogP contribution in [-0.4, -0.2) is 42.0 Å². The number of alkyl halides is 6. The van der Waals surface area contributed by atoms with Gasteiger partial charge < -0.3 is 34.9 Å². The first-order chi connectivity index (χ1) is 38.9. The number of para-hydroxylation sites is 2. The maximum absolute atomic E-state index is 13.2. The number of rotatable bonds is 14. The number of anilines is 2. The molecule has 0 bridgehead atoms. The lowest BCUT2D eigenvalue weighted by Crippen LogP contribution is -2.45. The van der Waals surface area contributed by atoms with Gasteiger partial charge in [-0.15, -0.1) is 0 Å². The molecule has 16 nitrogen and oxygen atoms in total. The van der Waals surface area contributed by atoms with Gasteiger partial charge in [0, 0.05) is 28.0 Å². The number of nitrogens with one attached hydrogen (secondary N) is 2. The van der Waals surface area contributed by atoms with Crippen molar-refractivity contribution in [3.8, 4) is 34.5 Å². The number of nitrogens with two attached hydrogens (primary N) is 3. The van der Waals surface area contributed by atoms with Gasteiger partial charge in [0.15, 0.2) is 0 Å². The molecule has 26 heteroatoms. The predicted octanol–water partition coefficient (Wildman–Crippen LogP) is 12.8. The van der Waals surface area contributed by atoms with Crippen LogP contribution in [0, 0.1) is 0 Å². The van der Waals surface area contributed by atoms with Crippen LogP contribution < -0.4 is 49.9 Å². The Labute approximate surface area is 477 Å². The van der Waals surface area contributed by atoms with Gasteiger partial charge in [-0.05, 0) is 157 Å². The summed E-state index contributed by atoms with van der Waals surface area (Å²) in [4.78, 5) is 5.65. The van der Waals surface area contributed by atoms with E-state index in [1.807, 2.05) is 0 Å². The van der Waals surface area contributed by atoms with Crippen LogP contribution >= 0.6 is 23.2 Å². The van der Waals surface area contributed by atoms with Gasteiger partial charge in [0.25, 0.3) is 10.2 Å². The topological polar surface area (TPSA) is 235 Å². The Kier molecular flexibility index (Phi) is 20.5. The minimum absolute atomic E-state index is 0.0161. The quantitative estimate of drug-likeness (QED) is 0.0390. The summed E-state index contributed by atoms with van der Waals surface area (Å²) in [5, 5.41) is 14.3. The number of ether oxygens (including phenoxy) is 4. The smallest absolute Gasteiger partial charge is 0.416 e. The molecule has 428 valence electrons. The van der Waals surface area contributed by atoms with Gasteiger partial charge in [-0.25, -0.2) is 20.0 Å². The lowest BCUT2D eigenvalue weighted by molar-refractivity contribution is -0.138. The second-order valence-corrected chi connectivity index (χ2v) is 20.6. The molecule has 0 spiro atoms. The lowest BCUT2D eigenvalue weighted by atomic mass is 10.0. The normalized spacial score (nSPS) is 13.6. The van der Waals surface area contributed by atoms with Crippen LogP contribution in [0.2, 0.25) is 10.0 Å². The van der Waals surface area contributed by atoms with Crippen LogP contribution in [0.25, 0.3) is 0 Å².